The molecule has 1 atom stereocenters. The third-order valence-corrected chi connectivity index (χ3v) is 3.73. The van der Waals surface area contributed by atoms with Gasteiger partial charge in [0.1, 0.15) is 5.38 Å². The Morgan fingerprint density at radius 3 is 2.63 bits per heavy atom. The fourth-order valence-electron chi connectivity index (χ4n) is 2.40. The van der Waals surface area contributed by atoms with Crippen LogP contribution in [0.25, 0.3) is 0 Å². The Morgan fingerprint density at radius 1 is 1.32 bits per heavy atom. The lowest BCUT2D eigenvalue weighted by Crippen LogP contribution is -2.30. The molecule has 1 N–H and O–H groups in total. The van der Waals surface area contributed by atoms with Crippen LogP contribution >= 0.6 is 11.6 Å². The van der Waals surface area contributed by atoms with Crippen LogP contribution in [0.1, 0.15) is 31.7 Å². The standard InChI is InChI=1S/C15H21ClN2O/c1-11-6-7-13(17-15(19)12(2)16)10-14(11)18-8-4-3-5-9-18/h6-7,10,12H,3-5,8-9H2,1-2H3,(H,17,19)/t12-/m0/s1. The van der Waals surface area contributed by atoms with Gasteiger partial charge in [-0.05, 0) is 50.8 Å². The summed E-state index contributed by atoms with van der Waals surface area (Å²) in [6.45, 7) is 5.99. The highest BCUT2D eigenvalue weighted by molar-refractivity contribution is 6.32. The molecule has 4 heteroatoms. The number of halogens is 1. The number of carbonyl (C=O) groups is 1. The van der Waals surface area contributed by atoms with Gasteiger partial charge in [-0.25, -0.2) is 0 Å². The molecule has 0 aromatic heterocycles. The van der Waals surface area contributed by atoms with Crippen LogP contribution in [0, 0.1) is 6.92 Å². The largest absolute Gasteiger partial charge is 0.371 e. The van der Waals surface area contributed by atoms with E-state index in [0.29, 0.717) is 0 Å². The van der Waals surface area contributed by atoms with Crippen LogP contribution in [-0.2, 0) is 4.79 Å². The van der Waals surface area contributed by atoms with Crippen molar-refractivity contribution in [2.24, 2.45) is 0 Å². The highest BCUT2D eigenvalue weighted by Gasteiger charge is 2.15. The fraction of sp³-hybridized carbons (Fsp3) is 0.533. The monoisotopic (exact) mass is 280 g/mol. The first-order valence-corrected chi connectivity index (χ1v) is 7.32. The number of benzene rings is 1. The zero-order valence-electron chi connectivity index (χ0n) is 11.6. The average molecular weight is 281 g/mol. The lowest BCUT2D eigenvalue weighted by molar-refractivity contribution is -0.115. The van der Waals surface area contributed by atoms with Gasteiger partial charge in [-0.1, -0.05) is 6.07 Å². The lowest BCUT2D eigenvalue weighted by atomic mass is 10.1. The Kier molecular flexibility index (Phi) is 4.70. The minimum Gasteiger partial charge on any atom is -0.371 e. The quantitative estimate of drug-likeness (QED) is 0.859. The number of carbonyl (C=O) groups excluding carboxylic acids is 1. The summed E-state index contributed by atoms with van der Waals surface area (Å²) in [6, 6.07) is 6.04. The molecule has 1 amide bonds. The van der Waals surface area contributed by atoms with Gasteiger partial charge in [0.05, 0.1) is 0 Å². The maximum atomic E-state index is 11.6. The minimum absolute atomic E-state index is 0.157. The minimum atomic E-state index is -0.514. The Hall–Kier alpha value is -1.22. The van der Waals surface area contributed by atoms with Gasteiger partial charge < -0.3 is 10.2 Å². The molecule has 1 aromatic rings. The first-order chi connectivity index (χ1) is 9.08. The Labute approximate surface area is 119 Å². The molecule has 2 rings (SSSR count). The molecule has 1 aromatic carbocycles. The molecule has 104 valence electrons. The number of aryl methyl sites for hydroxylation is 1. The van der Waals surface area contributed by atoms with Crippen LogP contribution in [-0.4, -0.2) is 24.4 Å². The van der Waals surface area contributed by atoms with E-state index in [2.05, 4.69) is 29.3 Å². The zero-order chi connectivity index (χ0) is 13.8. The van der Waals surface area contributed by atoms with Gasteiger partial charge in [0.2, 0.25) is 5.91 Å². The van der Waals surface area contributed by atoms with Crippen LogP contribution in [0.2, 0.25) is 0 Å². The second kappa shape index (κ2) is 6.29. The summed E-state index contributed by atoms with van der Waals surface area (Å²) in [7, 11) is 0. The molecule has 0 spiro atoms. The van der Waals surface area contributed by atoms with Crippen molar-refractivity contribution in [2.45, 2.75) is 38.5 Å². The second-order valence-corrected chi connectivity index (χ2v) is 5.81. The molecule has 1 fully saturated rings. The summed E-state index contributed by atoms with van der Waals surface area (Å²) in [6.07, 6.45) is 3.80. The molecule has 0 bridgehead atoms. The zero-order valence-corrected chi connectivity index (χ0v) is 12.3. The Bertz CT molecular complexity index is 453. The molecule has 1 aliphatic rings. The summed E-state index contributed by atoms with van der Waals surface area (Å²) in [5, 5.41) is 2.34. The van der Waals surface area contributed by atoms with Gasteiger partial charge in [0, 0.05) is 24.5 Å². The molecule has 0 saturated carbocycles. The third kappa shape index (κ3) is 3.63. The third-order valence-electron chi connectivity index (χ3n) is 3.53. The molecule has 0 radical (unpaired) electrons. The number of nitrogens with one attached hydrogen (secondary N) is 1. The van der Waals surface area contributed by atoms with Crippen LogP contribution < -0.4 is 10.2 Å². The van der Waals surface area contributed by atoms with Gasteiger partial charge in [-0.2, -0.15) is 0 Å². The van der Waals surface area contributed by atoms with E-state index >= 15 is 0 Å². The highest BCUT2D eigenvalue weighted by Crippen LogP contribution is 2.27. The maximum absolute atomic E-state index is 11.6. The molecule has 3 nitrogen and oxygen atoms in total. The predicted octanol–water partition coefficient (Wildman–Crippen LogP) is 3.55. The number of hydrogen-bond donors (Lipinski definition) is 1. The summed E-state index contributed by atoms with van der Waals surface area (Å²) in [5.41, 5.74) is 3.29. The van der Waals surface area contributed by atoms with Crippen LogP contribution in [0.4, 0.5) is 11.4 Å². The number of amides is 1. The van der Waals surface area contributed by atoms with E-state index < -0.39 is 5.38 Å². The van der Waals surface area contributed by atoms with E-state index in [9.17, 15) is 4.79 Å². The van der Waals surface area contributed by atoms with Crippen LogP contribution in [0.15, 0.2) is 18.2 Å². The van der Waals surface area contributed by atoms with Crippen molar-refractivity contribution in [2.75, 3.05) is 23.3 Å². The molecular formula is C15H21ClN2O. The molecule has 1 aliphatic heterocycles. The van der Waals surface area contributed by atoms with E-state index in [0.717, 1.165) is 18.8 Å². The van der Waals surface area contributed by atoms with Crippen molar-refractivity contribution in [3.63, 3.8) is 0 Å². The SMILES string of the molecule is Cc1ccc(NC(=O)[C@H](C)Cl)cc1N1CCCCC1. The summed E-state index contributed by atoms with van der Waals surface area (Å²) in [4.78, 5) is 14.0. The highest BCUT2D eigenvalue weighted by atomic mass is 35.5. The summed E-state index contributed by atoms with van der Waals surface area (Å²) >= 11 is 5.78. The second-order valence-electron chi connectivity index (χ2n) is 5.15. The van der Waals surface area contributed by atoms with Crippen molar-refractivity contribution in [3.8, 4) is 0 Å². The van der Waals surface area contributed by atoms with E-state index in [1.54, 1.807) is 6.92 Å². The molecule has 19 heavy (non-hydrogen) atoms. The topological polar surface area (TPSA) is 32.3 Å². The summed E-state index contributed by atoms with van der Waals surface area (Å²) < 4.78 is 0. The lowest BCUT2D eigenvalue weighted by Gasteiger charge is -2.30. The van der Waals surface area contributed by atoms with Gasteiger partial charge in [-0.15, -0.1) is 11.6 Å². The summed E-state index contributed by atoms with van der Waals surface area (Å²) in [5.74, 6) is -0.157. The first-order valence-electron chi connectivity index (χ1n) is 6.88. The van der Waals surface area contributed by atoms with E-state index in [1.807, 2.05) is 6.07 Å². The molecular weight excluding hydrogens is 260 g/mol. The van der Waals surface area contributed by atoms with E-state index in [-0.39, 0.29) is 5.91 Å². The van der Waals surface area contributed by atoms with Gasteiger partial charge >= 0.3 is 0 Å². The number of alkyl halides is 1. The Balaban J connectivity index is 2.16. The molecule has 0 unspecified atom stereocenters. The number of piperidine rings is 1. The smallest absolute Gasteiger partial charge is 0.242 e. The van der Waals surface area contributed by atoms with Crippen molar-refractivity contribution in [3.05, 3.63) is 23.8 Å². The van der Waals surface area contributed by atoms with E-state index in [4.69, 9.17) is 11.6 Å². The fourth-order valence-corrected chi connectivity index (χ4v) is 2.46. The molecule has 0 aliphatic carbocycles. The van der Waals surface area contributed by atoms with Crippen molar-refractivity contribution in [1.82, 2.24) is 0 Å². The van der Waals surface area contributed by atoms with Crippen molar-refractivity contribution in [1.29, 1.82) is 0 Å². The van der Waals surface area contributed by atoms with Gasteiger partial charge in [-0.3, -0.25) is 4.79 Å². The number of hydrogen-bond acceptors (Lipinski definition) is 2. The predicted molar refractivity (Wildman–Crippen MR) is 81.2 cm³/mol. The number of nitrogens with zero attached hydrogens (tertiary/aromatic N) is 1. The first kappa shape index (κ1) is 14.2. The Morgan fingerprint density at radius 2 is 2.00 bits per heavy atom. The van der Waals surface area contributed by atoms with Crippen molar-refractivity contribution >= 4 is 28.9 Å². The normalized spacial score (nSPS) is 17.1. The number of rotatable bonds is 3. The molecule has 1 heterocycles. The number of anilines is 2. The van der Waals surface area contributed by atoms with E-state index in [1.165, 1.54) is 30.5 Å². The average Bonchev–Trinajstić information content (AvgIpc) is 2.41. The van der Waals surface area contributed by atoms with Crippen molar-refractivity contribution < 1.29 is 4.79 Å². The maximum Gasteiger partial charge on any atom is 0.242 e. The van der Waals surface area contributed by atoms with Gasteiger partial charge in [0.15, 0.2) is 0 Å². The van der Waals surface area contributed by atoms with Crippen LogP contribution in [0.3, 0.4) is 0 Å². The van der Waals surface area contributed by atoms with Gasteiger partial charge in [0.25, 0.3) is 0 Å². The molecule has 1 saturated heterocycles. The van der Waals surface area contributed by atoms with Crippen LogP contribution in [0.5, 0.6) is 0 Å².